The molecule has 0 saturated carbocycles. The minimum absolute atomic E-state index is 0.217. The van der Waals surface area contributed by atoms with Gasteiger partial charge in [0.25, 0.3) is 0 Å². The molecule has 1 N–H and O–H groups in total. The van der Waals surface area contributed by atoms with E-state index in [1.54, 1.807) is 0 Å². The highest BCUT2D eigenvalue weighted by atomic mass is 79.9. The lowest BCUT2D eigenvalue weighted by Gasteiger charge is -2.09. The van der Waals surface area contributed by atoms with Crippen LogP contribution in [-0.2, 0) is 12.4 Å². The number of aliphatic hydroxyl groups excluding tert-OH is 1. The second-order valence-electron chi connectivity index (χ2n) is 3.46. The van der Waals surface area contributed by atoms with Crippen molar-refractivity contribution in [2.45, 2.75) is 18.5 Å². The van der Waals surface area contributed by atoms with Crippen LogP contribution >= 0.6 is 27.5 Å². The van der Waals surface area contributed by atoms with E-state index >= 15 is 0 Å². The van der Waals surface area contributed by atoms with E-state index in [4.69, 9.17) is 11.6 Å². The summed E-state index contributed by atoms with van der Waals surface area (Å²) in [5.74, 6) is 0.670. The van der Waals surface area contributed by atoms with Crippen molar-refractivity contribution in [2.75, 3.05) is 0 Å². The molecule has 7 heteroatoms. The van der Waals surface area contributed by atoms with Crippen LogP contribution in [0, 0.1) is 0 Å². The largest absolute Gasteiger partial charge is 0.386 e. The molecule has 5 nitrogen and oxygen atoms in total. The Morgan fingerprint density at radius 1 is 1.35 bits per heavy atom. The summed E-state index contributed by atoms with van der Waals surface area (Å²) in [5.41, 5.74) is 0.804. The minimum atomic E-state index is -0.666. The van der Waals surface area contributed by atoms with E-state index in [-0.39, 0.29) is 12.4 Å². The molecule has 2 aromatic rings. The van der Waals surface area contributed by atoms with Crippen molar-refractivity contribution in [1.29, 1.82) is 0 Å². The lowest BCUT2D eigenvalue weighted by molar-refractivity contribution is 0.144. The molecule has 90 valence electrons. The van der Waals surface area contributed by atoms with E-state index in [1.807, 2.05) is 24.3 Å². The quantitative estimate of drug-likeness (QED) is 0.875. The highest BCUT2D eigenvalue weighted by Crippen LogP contribution is 2.17. The van der Waals surface area contributed by atoms with Crippen molar-refractivity contribution in [3.05, 3.63) is 40.1 Å². The van der Waals surface area contributed by atoms with Gasteiger partial charge in [0.15, 0.2) is 5.82 Å². The van der Waals surface area contributed by atoms with Gasteiger partial charge in [-0.3, -0.25) is 0 Å². The van der Waals surface area contributed by atoms with E-state index in [0.717, 1.165) is 10.0 Å². The summed E-state index contributed by atoms with van der Waals surface area (Å²) in [6.07, 6.45) is -0.666. The van der Waals surface area contributed by atoms with Crippen molar-refractivity contribution < 1.29 is 5.11 Å². The smallest absolute Gasteiger partial charge is 0.189 e. The van der Waals surface area contributed by atoms with Gasteiger partial charge in [-0.15, -0.1) is 21.8 Å². The monoisotopic (exact) mass is 316 g/mol. The SMILES string of the molecule is O[C@@H](Cn1nnc(CCl)n1)c1ccc(Br)cc1. The highest BCUT2D eigenvalue weighted by molar-refractivity contribution is 9.10. The molecule has 0 spiro atoms. The number of halogens is 2. The third-order valence-electron chi connectivity index (χ3n) is 2.20. The van der Waals surface area contributed by atoms with E-state index in [9.17, 15) is 5.11 Å². The average Bonchev–Trinajstić information content (AvgIpc) is 2.77. The Morgan fingerprint density at radius 3 is 2.65 bits per heavy atom. The van der Waals surface area contributed by atoms with Crippen molar-refractivity contribution in [3.63, 3.8) is 0 Å². The lowest BCUT2D eigenvalue weighted by atomic mass is 10.1. The second-order valence-corrected chi connectivity index (χ2v) is 4.64. The summed E-state index contributed by atoms with van der Waals surface area (Å²) in [6, 6.07) is 7.43. The van der Waals surface area contributed by atoms with Crippen molar-refractivity contribution in [3.8, 4) is 0 Å². The number of tetrazole rings is 1. The summed E-state index contributed by atoms with van der Waals surface area (Å²) >= 11 is 8.90. The summed E-state index contributed by atoms with van der Waals surface area (Å²) in [7, 11) is 0. The minimum Gasteiger partial charge on any atom is -0.386 e. The fraction of sp³-hybridized carbons (Fsp3) is 0.300. The van der Waals surface area contributed by atoms with Gasteiger partial charge in [0.05, 0.1) is 12.4 Å². The van der Waals surface area contributed by atoms with Crippen LogP contribution in [0.2, 0.25) is 0 Å². The maximum absolute atomic E-state index is 9.97. The zero-order chi connectivity index (χ0) is 12.3. The van der Waals surface area contributed by atoms with E-state index in [0.29, 0.717) is 5.82 Å². The Kier molecular flexibility index (Phi) is 4.09. The molecule has 0 fully saturated rings. The van der Waals surface area contributed by atoms with Gasteiger partial charge < -0.3 is 5.11 Å². The number of benzene rings is 1. The van der Waals surface area contributed by atoms with Gasteiger partial charge in [0.1, 0.15) is 6.10 Å². The summed E-state index contributed by atoms with van der Waals surface area (Å²) < 4.78 is 0.969. The topological polar surface area (TPSA) is 63.8 Å². The third kappa shape index (κ3) is 3.24. The Balaban J connectivity index is 2.05. The number of rotatable bonds is 4. The molecule has 0 amide bonds. The predicted octanol–water partition coefficient (Wildman–Crippen LogP) is 1.91. The molecule has 0 aliphatic carbocycles. The Bertz CT molecular complexity index is 487. The molecule has 0 radical (unpaired) electrons. The predicted molar refractivity (Wildman–Crippen MR) is 66.5 cm³/mol. The average molecular weight is 318 g/mol. The van der Waals surface area contributed by atoms with E-state index in [1.165, 1.54) is 4.80 Å². The molecule has 0 aliphatic heterocycles. The molecule has 1 atom stereocenters. The fourth-order valence-electron chi connectivity index (χ4n) is 1.35. The molecule has 0 saturated heterocycles. The number of nitrogens with zero attached hydrogens (tertiary/aromatic N) is 4. The molecule has 1 heterocycles. The van der Waals surface area contributed by atoms with Gasteiger partial charge in [-0.05, 0) is 22.9 Å². The highest BCUT2D eigenvalue weighted by Gasteiger charge is 2.10. The zero-order valence-corrected chi connectivity index (χ0v) is 11.1. The fourth-order valence-corrected chi connectivity index (χ4v) is 1.72. The first-order valence-electron chi connectivity index (χ1n) is 4.95. The molecular weight excluding hydrogens is 307 g/mol. The number of alkyl halides is 1. The normalized spacial score (nSPS) is 12.6. The maximum Gasteiger partial charge on any atom is 0.189 e. The van der Waals surface area contributed by atoms with Crippen LogP contribution in [0.25, 0.3) is 0 Å². The van der Waals surface area contributed by atoms with Gasteiger partial charge in [0, 0.05) is 4.47 Å². The molecule has 2 rings (SSSR count). The first-order valence-corrected chi connectivity index (χ1v) is 6.28. The Morgan fingerprint density at radius 2 is 2.06 bits per heavy atom. The van der Waals surface area contributed by atoms with E-state index in [2.05, 4.69) is 31.3 Å². The maximum atomic E-state index is 9.97. The van der Waals surface area contributed by atoms with Crippen LogP contribution in [0.5, 0.6) is 0 Å². The lowest BCUT2D eigenvalue weighted by Crippen LogP contribution is -2.11. The molecule has 1 aromatic carbocycles. The summed E-state index contributed by atoms with van der Waals surface area (Å²) in [5, 5.41) is 21.5. The molecule has 0 bridgehead atoms. The molecule has 1 aromatic heterocycles. The molecule has 17 heavy (non-hydrogen) atoms. The van der Waals surface area contributed by atoms with Gasteiger partial charge >= 0.3 is 0 Å². The molecular formula is C10H10BrClN4O. The van der Waals surface area contributed by atoms with Gasteiger partial charge in [0.2, 0.25) is 0 Å². The van der Waals surface area contributed by atoms with Crippen LogP contribution in [-0.4, -0.2) is 25.3 Å². The van der Waals surface area contributed by atoms with Crippen LogP contribution in [0.3, 0.4) is 0 Å². The van der Waals surface area contributed by atoms with Gasteiger partial charge in [-0.1, -0.05) is 28.1 Å². The van der Waals surface area contributed by atoms with Gasteiger partial charge in [-0.25, -0.2) is 0 Å². The zero-order valence-electron chi connectivity index (χ0n) is 8.79. The summed E-state index contributed by atoms with van der Waals surface area (Å²) in [4.78, 5) is 1.34. The number of aliphatic hydroxyl groups is 1. The van der Waals surface area contributed by atoms with Crippen LogP contribution < -0.4 is 0 Å². The molecule has 0 aliphatic rings. The van der Waals surface area contributed by atoms with Crippen LogP contribution in [0.1, 0.15) is 17.5 Å². The summed E-state index contributed by atoms with van der Waals surface area (Å²) in [6.45, 7) is 0.255. The van der Waals surface area contributed by atoms with Crippen molar-refractivity contribution in [2.24, 2.45) is 0 Å². The number of aromatic nitrogens is 4. The number of hydrogen-bond donors (Lipinski definition) is 1. The number of hydrogen-bond acceptors (Lipinski definition) is 4. The van der Waals surface area contributed by atoms with Crippen molar-refractivity contribution >= 4 is 27.5 Å². The third-order valence-corrected chi connectivity index (χ3v) is 2.97. The second kappa shape index (κ2) is 5.57. The van der Waals surface area contributed by atoms with Crippen molar-refractivity contribution in [1.82, 2.24) is 20.2 Å². The first-order chi connectivity index (χ1) is 8.19. The van der Waals surface area contributed by atoms with Gasteiger partial charge in [-0.2, -0.15) is 4.80 Å². The Labute approximate surface area is 112 Å². The molecule has 0 unspecified atom stereocenters. The standard InChI is InChI=1S/C10H10BrClN4O/c11-8-3-1-7(2-4-8)9(17)6-16-14-10(5-12)13-15-16/h1-4,9,17H,5-6H2/t9-/m0/s1. The van der Waals surface area contributed by atoms with E-state index < -0.39 is 6.10 Å². The Hall–Kier alpha value is -0.980. The first kappa shape index (κ1) is 12.5. The van der Waals surface area contributed by atoms with Crippen LogP contribution in [0.4, 0.5) is 0 Å². The van der Waals surface area contributed by atoms with Crippen LogP contribution in [0.15, 0.2) is 28.7 Å².